The number of rotatable bonds is 9. The SMILES string of the molecule is COc1cc(OC)c(CCNC(=O)CCc2cccc(Cl)c2Cl)c(OC)c1. The molecule has 2 rings (SSSR count). The molecule has 0 bridgehead atoms. The van der Waals surface area contributed by atoms with Gasteiger partial charge in [0.05, 0.1) is 31.4 Å². The zero-order chi connectivity index (χ0) is 19.8. The fourth-order valence-corrected chi connectivity index (χ4v) is 3.14. The minimum Gasteiger partial charge on any atom is -0.496 e. The number of carbonyl (C=O) groups is 1. The highest BCUT2D eigenvalue weighted by atomic mass is 35.5. The predicted molar refractivity (Wildman–Crippen MR) is 108 cm³/mol. The molecule has 0 saturated carbocycles. The van der Waals surface area contributed by atoms with E-state index in [0.29, 0.717) is 53.1 Å². The Bertz CT molecular complexity index is 771. The van der Waals surface area contributed by atoms with Crippen LogP contribution < -0.4 is 19.5 Å². The molecule has 0 unspecified atom stereocenters. The molecule has 7 heteroatoms. The largest absolute Gasteiger partial charge is 0.496 e. The van der Waals surface area contributed by atoms with E-state index in [1.807, 2.05) is 12.1 Å². The highest BCUT2D eigenvalue weighted by Gasteiger charge is 2.14. The second-order valence-electron chi connectivity index (χ2n) is 5.82. The van der Waals surface area contributed by atoms with Crippen LogP contribution in [0.5, 0.6) is 17.2 Å². The Kier molecular flexibility index (Phi) is 8.07. The van der Waals surface area contributed by atoms with Crippen LogP contribution in [0.1, 0.15) is 17.5 Å². The normalized spacial score (nSPS) is 10.4. The molecule has 0 spiro atoms. The standard InChI is InChI=1S/C20H23Cl2NO4/c1-25-14-11-17(26-2)15(18(12-14)27-3)9-10-23-19(24)8-7-13-5-4-6-16(21)20(13)22/h4-6,11-12H,7-10H2,1-3H3,(H,23,24). The van der Waals surface area contributed by atoms with Crippen LogP contribution in [0, 0.1) is 0 Å². The fourth-order valence-electron chi connectivity index (χ4n) is 2.73. The molecule has 1 amide bonds. The zero-order valence-electron chi connectivity index (χ0n) is 15.6. The number of aryl methyl sites for hydroxylation is 1. The Labute approximate surface area is 169 Å². The number of benzene rings is 2. The molecule has 2 aromatic rings. The third kappa shape index (κ3) is 5.68. The number of carbonyl (C=O) groups excluding carboxylic acids is 1. The Morgan fingerprint density at radius 1 is 1.00 bits per heavy atom. The average molecular weight is 412 g/mol. The topological polar surface area (TPSA) is 56.8 Å². The van der Waals surface area contributed by atoms with Gasteiger partial charge in [-0.1, -0.05) is 35.3 Å². The monoisotopic (exact) mass is 411 g/mol. The lowest BCUT2D eigenvalue weighted by atomic mass is 10.1. The molecule has 1 N–H and O–H groups in total. The molecule has 0 radical (unpaired) electrons. The summed E-state index contributed by atoms with van der Waals surface area (Å²) in [6, 6.07) is 9.00. The van der Waals surface area contributed by atoms with Crippen LogP contribution in [-0.4, -0.2) is 33.8 Å². The van der Waals surface area contributed by atoms with Gasteiger partial charge in [0, 0.05) is 30.7 Å². The van der Waals surface area contributed by atoms with Gasteiger partial charge in [0.1, 0.15) is 17.2 Å². The van der Waals surface area contributed by atoms with Crippen molar-refractivity contribution in [2.45, 2.75) is 19.3 Å². The van der Waals surface area contributed by atoms with Crippen molar-refractivity contribution >= 4 is 29.1 Å². The van der Waals surface area contributed by atoms with Gasteiger partial charge in [0.15, 0.2) is 0 Å². The van der Waals surface area contributed by atoms with Crippen molar-refractivity contribution < 1.29 is 19.0 Å². The average Bonchev–Trinajstić information content (AvgIpc) is 2.68. The van der Waals surface area contributed by atoms with Crippen molar-refractivity contribution in [3.05, 3.63) is 51.5 Å². The van der Waals surface area contributed by atoms with Crippen molar-refractivity contribution in [2.75, 3.05) is 27.9 Å². The van der Waals surface area contributed by atoms with Crippen molar-refractivity contribution in [2.24, 2.45) is 0 Å². The van der Waals surface area contributed by atoms with Crippen molar-refractivity contribution in [1.29, 1.82) is 0 Å². The van der Waals surface area contributed by atoms with Crippen molar-refractivity contribution in [1.82, 2.24) is 5.32 Å². The third-order valence-corrected chi connectivity index (χ3v) is 5.03. The van der Waals surface area contributed by atoms with Crippen LogP contribution in [0.4, 0.5) is 0 Å². The summed E-state index contributed by atoms with van der Waals surface area (Å²) in [6.45, 7) is 0.459. The Morgan fingerprint density at radius 3 is 2.26 bits per heavy atom. The van der Waals surface area contributed by atoms with E-state index in [1.54, 1.807) is 39.5 Å². The van der Waals surface area contributed by atoms with Crippen molar-refractivity contribution in [3.8, 4) is 17.2 Å². The molecule has 0 fully saturated rings. The molecule has 0 aliphatic rings. The van der Waals surface area contributed by atoms with E-state index in [-0.39, 0.29) is 5.91 Å². The maximum atomic E-state index is 12.1. The maximum absolute atomic E-state index is 12.1. The number of methoxy groups -OCH3 is 3. The van der Waals surface area contributed by atoms with E-state index < -0.39 is 0 Å². The van der Waals surface area contributed by atoms with Gasteiger partial charge in [-0.15, -0.1) is 0 Å². The van der Waals surface area contributed by atoms with E-state index in [2.05, 4.69) is 5.32 Å². The number of hydrogen-bond donors (Lipinski definition) is 1. The molecular formula is C20H23Cl2NO4. The second-order valence-corrected chi connectivity index (χ2v) is 6.61. The van der Waals surface area contributed by atoms with E-state index >= 15 is 0 Å². The first-order chi connectivity index (χ1) is 13.0. The number of ether oxygens (including phenoxy) is 3. The van der Waals surface area contributed by atoms with Gasteiger partial charge in [0.25, 0.3) is 0 Å². The van der Waals surface area contributed by atoms with Crippen LogP contribution in [-0.2, 0) is 17.6 Å². The lowest BCUT2D eigenvalue weighted by Crippen LogP contribution is -2.26. The molecular weight excluding hydrogens is 389 g/mol. The van der Waals surface area contributed by atoms with Crippen LogP contribution >= 0.6 is 23.2 Å². The van der Waals surface area contributed by atoms with Gasteiger partial charge < -0.3 is 19.5 Å². The molecule has 0 aliphatic carbocycles. The molecule has 0 aliphatic heterocycles. The van der Waals surface area contributed by atoms with Gasteiger partial charge in [0.2, 0.25) is 5.91 Å². The Morgan fingerprint density at radius 2 is 1.67 bits per heavy atom. The second kappa shape index (κ2) is 10.3. The van der Waals surface area contributed by atoms with E-state index in [9.17, 15) is 4.79 Å². The Hall–Kier alpha value is -2.11. The summed E-state index contributed by atoms with van der Waals surface area (Å²) in [5, 5.41) is 3.90. The summed E-state index contributed by atoms with van der Waals surface area (Å²) in [7, 11) is 4.76. The van der Waals surface area contributed by atoms with E-state index in [0.717, 1.165) is 11.1 Å². The van der Waals surface area contributed by atoms with Gasteiger partial charge in [-0.3, -0.25) is 4.79 Å². The lowest BCUT2D eigenvalue weighted by molar-refractivity contribution is -0.121. The number of hydrogen-bond acceptors (Lipinski definition) is 4. The summed E-state index contributed by atoms with van der Waals surface area (Å²) < 4.78 is 16.1. The van der Waals surface area contributed by atoms with Crippen LogP contribution in [0.25, 0.3) is 0 Å². The first kappa shape index (κ1) is 21.2. The van der Waals surface area contributed by atoms with E-state index in [1.165, 1.54) is 0 Å². The fraction of sp³-hybridized carbons (Fsp3) is 0.350. The third-order valence-electron chi connectivity index (χ3n) is 4.17. The summed E-state index contributed by atoms with van der Waals surface area (Å²) in [5.74, 6) is 1.91. The quantitative estimate of drug-likeness (QED) is 0.667. The molecule has 2 aromatic carbocycles. The molecule has 5 nitrogen and oxygen atoms in total. The number of amides is 1. The van der Waals surface area contributed by atoms with Gasteiger partial charge in [-0.2, -0.15) is 0 Å². The molecule has 0 saturated heterocycles. The summed E-state index contributed by atoms with van der Waals surface area (Å²) in [4.78, 5) is 12.1. The molecule has 0 atom stereocenters. The molecule has 146 valence electrons. The van der Waals surface area contributed by atoms with Gasteiger partial charge in [-0.05, 0) is 24.5 Å². The lowest BCUT2D eigenvalue weighted by Gasteiger charge is -2.15. The zero-order valence-corrected chi connectivity index (χ0v) is 17.1. The van der Waals surface area contributed by atoms with E-state index in [4.69, 9.17) is 37.4 Å². The van der Waals surface area contributed by atoms with Crippen LogP contribution in [0.15, 0.2) is 30.3 Å². The Balaban J connectivity index is 1.92. The minimum absolute atomic E-state index is 0.0579. The highest BCUT2D eigenvalue weighted by molar-refractivity contribution is 6.42. The highest BCUT2D eigenvalue weighted by Crippen LogP contribution is 2.34. The molecule has 0 aromatic heterocycles. The first-order valence-electron chi connectivity index (χ1n) is 8.48. The smallest absolute Gasteiger partial charge is 0.220 e. The summed E-state index contributed by atoms with van der Waals surface area (Å²) >= 11 is 12.1. The number of halogens is 2. The van der Waals surface area contributed by atoms with Gasteiger partial charge in [-0.25, -0.2) is 0 Å². The summed E-state index contributed by atoms with van der Waals surface area (Å²) in [5.41, 5.74) is 1.73. The van der Waals surface area contributed by atoms with Crippen molar-refractivity contribution in [3.63, 3.8) is 0 Å². The minimum atomic E-state index is -0.0579. The van der Waals surface area contributed by atoms with Crippen LogP contribution in [0.3, 0.4) is 0 Å². The summed E-state index contributed by atoms with van der Waals surface area (Å²) in [6.07, 6.45) is 1.43. The predicted octanol–water partition coefficient (Wildman–Crippen LogP) is 4.31. The molecule has 27 heavy (non-hydrogen) atoms. The first-order valence-corrected chi connectivity index (χ1v) is 9.24. The number of nitrogens with one attached hydrogen (secondary N) is 1. The van der Waals surface area contributed by atoms with Gasteiger partial charge >= 0.3 is 0 Å². The maximum Gasteiger partial charge on any atom is 0.220 e. The van der Waals surface area contributed by atoms with Crippen LogP contribution in [0.2, 0.25) is 10.0 Å². The molecule has 0 heterocycles.